The molecular formula is C17H21N3O2S. The average Bonchev–Trinajstić information content (AvgIpc) is 2.98. The van der Waals surface area contributed by atoms with E-state index in [1.165, 1.54) is 16.6 Å². The second-order valence-corrected chi connectivity index (χ2v) is 6.97. The summed E-state index contributed by atoms with van der Waals surface area (Å²) in [4.78, 5) is 29.6. The summed E-state index contributed by atoms with van der Waals surface area (Å²) in [6.07, 6.45) is 2.31. The van der Waals surface area contributed by atoms with E-state index in [1.54, 1.807) is 11.3 Å². The van der Waals surface area contributed by atoms with Gasteiger partial charge in [-0.15, -0.1) is 11.3 Å². The van der Waals surface area contributed by atoms with Crippen LogP contribution in [0.5, 0.6) is 0 Å². The first kappa shape index (κ1) is 15.9. The first-order valence-corrected chi connectivity index (χ1v) is 8.83. The minimum atomic E-state index is -0.0904. The van der Waals surface area contributed by atoms with Gasteiger partial charge in [-0.3, -0.25) is 9.59 Å². The van der Waals surface area contributed by atoms with Crippen molar-refractivity contribution in [2.45, 2.75) is 32.1 Å². The van der Waals surface area contributed by atoms with Gasteiger partial charge in [0.05, 0.1) is 15.2 Å². The molecule has 23 heavy (non-hydrogen) atoms. The van der Waals surface area contributed by atoms with E-state index in [-0.39, 0.29) is 11.8 Å². The van der Waals surface area contributed by atoms with Gasteiger partial charge >= 0.3 is 0 Å². The minimum absolute atomic E-state index is 0.0904. The molecule has 0 unspecified atom stereocenters. The Morgan fingerprint density at radius 1 is 1.30 bits per heavy atom. The highest BCUT2D eigenvalue weighted by atomic mass is 32.1. The van der Waals surface area contributed by atoms with Crippen LogP contribution in [0.3, 0.4) is 0 Å². The topological polar surface area (TPSA) is 62.3 Å². The van der Waals surface area contributed by atoms with Crippen LogP contribution < -0.4 is 5.32 Å². The van der Waals surface area contributed by atoms with E-state index in [4.69, 9.17) is 4.98 Å². The highest BCUT2D eigenvalue weighted by molar-refractivity contribution is 7.18. The number of hydrogen-bond acceptors (Lipinski definition) is 4. The van der Waals surface area contributed by atoms with Crippen molar-refractivity contribution in [1.29, 1.82) is 0 Å². The second-order valence-electron chi connectivity index (χ2n) is 5.91. The summed E-state index contributed by atoms with van der Waals surface area (Å²) in [6.45, 7) is 3.44. The number of hydrogen-bond donors (Lipinski definition) is 1. The standard InChI is InChI=1S/C17H21N3O2S/c1-12(21)18-9-6-16(22)20-10-7-13(8-11-20)17-19-14-4-2-3-5-15(14)23-17/h2-5,13H,6-11H2,1H3,(H,18,21). The summed E-state index contributed by atoms with van der Waals surface area (Å²) in [5.74, 6) is 0.487. The van der Waals surface area contributed by atoms with Crippen LogP contribution in [0.15, 0.2) is 24.3 Å². The maximum atomic E-state index is 12.1. The molecule has 2 aromatic rings. The molecule has 1 aliphatic rings. The molecule has 5 nitrogen and oxygen atoms in total. The molecule has 0 saturated carbocycles. The van der Waals surface area contributed by atoms with Gasteiger partial charge in [0.2, 0.25) is 11.8 Å². The van der Waals surface area contributed by atoms with Crippen molar-refractivity contribution in [3.05, 3.63) is 29.3 Å². The summed E-state index contributed by atoms with van der Waals surface area (Å²) < 4.78 is 1.23. The van der Waals surface area contributed by atoms with Crippen LogP contribution in [0, 0.1) is 0 Å². The van der Waals surface area contributed by atoms with Crippen molar-refractivity contribution in [3.8, 4) is 0 Å². The Bertz CT molecular complexity index is 672. The van der Waals surface area contributed by atoms with Crippen LogP contribution in [0.2, 0.25) is 0 Å². The highest BCUT2D eigenvalue weighted by Crippen LogP contribution is 2.33. The summed E-state index contributed by atoms with van der Waals surface area (Å²) >= 11 is 1.77. The molecule has 122 valence electrons. The number of benzene rings is 1. The summed E-state index contributed by atoms with van der Waals surface area (Å²) in [5.41, 5.74) is 1.07. The number of rotatable bonds is 4. The third kappa shape index (κ3) is 3.88. The quantitative estimate of drug-likeness (QED) is 0.936. The van der Waals surface area contributed by atoms with Crippen LogP contribution in [0.4, 0.5) is 0 Å². The maximum Gasteiger partial charge on any atom is 0.224 e. The normalized spacial score (nSPS) is 15.8. The molecule has 1 aromatic heterocycles. The van der Waals surface area contributed by atoms with Crippen LogP contribution in [0.25, 0.3) is 10.2 Å². The first-order chi connectivity index (χ1) is 11.1. The fourth-order valence-electron chi connectivity index (χ4n) is 2.94. The number of para-hydroxylation sites is 1. The molecule has 1 aliphatic heterocycles. The van der Waals surface area contributed by atoms with Crippen LogP contribution >= 0.6 is 11.3 Å². The molecule has 3 rings (SSSR count). The van der Waals surface area contributed by atoms with Crippen LogP contribution in [-0.4, -0.2) is 41.3 Å². The Morgan fingerprint density at radius 2 is 2.04 bits per heavy atom. The Morgan fingerprint density at radius 3 is 2.74 bits per heavy atom. The zero-order valence-electron chi connectivity index (χ0n) is 13.2. The lowest BCUT2D eigenvalue weighted by molar-refractivity contribution is -0.132. The van der Waals surface area contributed by atoms with Gasteiger partial charge in [0.15, 0.2) is 0 Å². The van der Waals surface area contributed by atoms with E-state index in [9.17, 15) is 9.59 Å². The third-order valence-electron chi connectivity index (χ3n) is 4.22. The summed E-state index contributed by atoms with van der Waals surface area (Å²) in [5, 5.41) is 3.86. The SMILES string of the molecule is CC(=O)NCCC(=O)N1CCC(c2nc3ccccc3s2)CC1. The number of likely N-dealkylation sites (tertiary alicyclic amines) is 1. The zero-order chi connectivity index (χ0) is 16.2. The molecule has 2 heterocycles. The van der Waals surface area contributed by atoms with Crippen molar-refractivity contribution in [2.24, 2.45) is 0 Å². The fourth-order valence-corrected chi connectivity index (χ4v) is 4.08. The monoisotopic (exact) mass is 331 g/mol. The molecule has 1 N–H and O–H groups in total. The summed E-state index contributed by atoms with van der Waals surface area (Å²) in [7, 11) is 0. The average molecular weight is 331 g/mol. The van der Waals surface area contributed by atoms with Gasteiger partial charge in [0.1, 0.15) is 0 Å². The lowest BCUT2D eigenvalue weighted by Crippen LogP contribution is -2.39. The van der Waals surface area contributed by atoms with E-state index in [0.29, 0.717) is 18.9 Å². The number of nitrogens with one attached hydrogen (secondary N) is 1. The Hall–Kier alpha value is -1.95. The number of carbonyl (C=O) groups excluding carboxylic acids is 2. The number of fused-ring (bicyclic) bond motifs is 1. The molecule has 1 saturated heterocycles. The lowest BCUT2D eigenvalue weighted by atomic mass is 9.97. The van der Waals surface area contributed by atoms with Crippen molar-refractivity contribution in [3.63, 3.8) is 0 Å². The van der Waals surface area contributed by atoms with Crippen molar-refractivity contribution < 1.29 is 9.59 Å². The van der Waals surface area contributed by atoms with Gasteiger partial charge in [-0.1, -0.05) is 12.1 Å². The van der Waals surface area contributed by atoms with Gasteiger partial charge in [-0.2, -0.15) is 0 Å². The van der Waals surface area contributed by atoms with Crippen LogP contribution in [-0.2, 0) is 9.59 Å². The molecule has 0 atom stereocenters. The second kappa shape index (κ2) is 7.08. The molecule has 0 bridgehead atoms. The zero-order valence-corrected chi connectivity index (χ0v) is 14.1. The van der Waals surface area contributed by atoms with Crippen molar-refractivity contribution in [2.75, 3.05) is 19.6 Å². The molecule has 2 amide bonds. The Balaban J connectivity index is 1.53. The predicted octanol–water partition coefficient (Wildman–Crippen LogP) is 2.53. The smallest absolute Gasteiger partial charge is 0.224 e. The first-order valence-electron chi connectivity index (χ1n) is 8.01. The maximum absolute atomic E-state index is 12.1. The number of thiazole rings is 1. The molecule has 0 aliphatic carbocycles. The van der Waals surface area contributed by atoms with Gasteiger partial charge in [0.25, 0.3) is 0 Å². The van der Waals surface area contributed by atoms with Crippen LogP contribution in [0.1, 0.15) is 37.1 Å². The minimum Gasteiger partial charge on any atom is -0.356 e. The predicted molar refractivity (Wildman–Crippen MR) is 91.5 cm³/mol. The third-order valence-corrected chi connectivity index (χ3v) is 5.42. The van der Waals surface area contributed by atoms with Gasteiger partial charge < -0.3 is 10.2 Å². The molecule has 1 fully saturated rings. The molecule has 1 aromatic carbocycles. The fraction of sp³-hybridized carbons (Fsp3) is 0.471. The summed E-state index contributed by atoms with van der Waals surface area (Å²) in [6, 6.07) is 8.22. The number of carbonyl (C=O) groups is 2. The lowest BCUT2D eigenvalue weighted by Gasteiger charge is -2.31. The van der Waals surface area contributed by atoms with E-state index < -0.39 is 0 Å². The number of amides is 2. The number of aromatic nitrogens is 1. The van der Waals surface area contributed by atoms with E-state index in [1.807, 2.05) is 17.0 Å². The van der Waals surface area contributed by atoms with E-state index >= 15 is 0 Å². The molecule has 6 heteroatoms. The molecule has 0 spiro atoms. The Labute approximate surface area is 139 Å². The molecule has 0 radical (unpaired) electrons. The molecular weight excluding hydrogens is 310 g/mol. The number of nitrogens with zero attached hydrogens (tertiary/aromatic N) is 2. The van der Waals surface area contributed by atoms with Gasteiger partial charge in [-0.05, 0) is 25.0 Å². The van der Waals surface area contributed by atoms with Gasteiger partial charge in [0, 0.05) is 38.9 Å². The number of piperidine rings is 1. The Kier molecular flexibility index (Phi) is 4.91. The van der Waals surface area contributed by atoms with Crippen molar-refractivity contribution >= 4 is 33.4 Å². The van der Waals surface area contributed by atoms with Crippen molar-refractivity contribution in [1.82, 2.24) is 15.2 Å². The van der Waals surface area contributed by atoms with E-state index in [2.05, 4.69) is 17.4 Å². The van der Waals surface area contributed by atoms with Gasteiger partial charge in [-0.25, -0.2) is 4.98 Å². The van der Waals surface area contributed by atoms with E-state index in [0.717, 1.165) is 31.4 Å². The largest absolute Gasteiger partial charge is 0.356 e. The highest BCUT2D eigenvalue weighted by Gasteiger charge is 2.25.